The molecule has 0 radical (unpaired) electrons. The third-order valence-electron chi connectivity index (χ3n) is 2.82. The van der Waals surface area contributed by atoms with Crippen LogP contribution in [0, 0.1) is 17.7 Å². The molecule has 20 heavy (non-hydrogen) atoms. The lowest BCUT2D eigenvalue weighted by atomic mass is 9.97. The average molecular weight is 287 g/mol. The van der Waals surface area contributed by atoms with Gasteiger partial charge in [0.1, 0.15) is 5.82 Å². The summed E-state index contributed by atoms with van der Waals surface area (Å²) in [5, 5.41) is 2.99. The minimum atomic E-state index is -4.51. The van der Waals surface area contributed by atoms with Crippen molar-refractivity contribution in [2.75, 3.05) is 6.54 Å². The summed E-state index contributed by atoms with van der Waals surface area (Å²) < 4.78 is 52.3. The van der Waals surface area contributed by atoms with Crippen LogP contribution in [0.4, 0.5) is 17.6 Å². The highest BCUT2D eigenvalue weighted by Gasteiger charge is 2.35. The van der Waals surface area contributed by atoms with Crippen molar-refractivity contribution in [3.8, 4) is 11.8 Å². The molecule has 1 aromatic rings. The first-order valence-corrected chi connectivity index (χ1v) is 6.39. The minimum absolute atomic E-state index is 0.0892. The first-order chi connectivity index (χ1) is 9.40. The molecule has 0 saturated heterocycles. The summed E-state index contributed by atoms with van der Waals surface area (Å²) in [5.74, 6) is 4.72. The minimum Gasteiger partial charge on any atom is -0.309 e. The Hall–Kier alpha value is -1.54. The molecule has 0 bridgehead atoms. The van der Waals surface area contributed by atoms with Gasteiger partial charge in [0.2, 0.25) is 0 Å². The van der Waals surface area contributed by atoms with Gasteiger partial charge in [0, 0.05) is 12.5 Å². The number of nitrogens with one attached hydrogen (secondary N) is 1. The predicted octanol–water partition coefficient (Wildman–Crippen LogP) is 4.30. The van der Waals surface area contributed by atoms with Gasteiger partial charge in [0.25, 0.3) is 0 Å². The van der Waals surface area contributed by atoms with E-state index in [1.165, 1.54) is 0 Å². The van der Waals surface area contributed by atoms with Crippen LogP contribution >= 0.6 is 0 Å². The van der Waals surface area contributed by atoms with E-state index in [0.717, 1.165) is 24.6 Å². The SMILES string of the molecule is CC#CCC(NCCC)c1cc(F)ccc1C(F)(F)F. The topological polar surface area (TPSA) is 12.0 Å². The van der Waals surface area contributed by atoms with Gasteiger partial charge in [-0.1, -0.05) is 6.92 Å². The highest BCUT2D eigenvalue weighted by atomic mass is 19.4. The Kier molecular flexibility index (Phi) is 6.03. The van der Waals surface area contributed by atoms with Gasteiger partial charge in [-0.15, -0.1) is 11.8 Å². The molecule has 0 fully saturated rings. The summed E-state index contributed by atoms with van der Waals surface area (Å²) in [5.41, 5.74) is -0.904. The lowest BCUT2D eigenvalue weighted by molar-refractivity contribution is -0.138. The van der Waals surface area contributed by atoms with E-state index >= 15 is 0 Å². The summed E-state index contributed by atoms with van der Waals surface area (Å²) in [6.45, 7) is 4.07. The van der Waals surface area contributed by atoms with Crippen LogP contribution in [0.2, 0.25) is 0 Å². The molecule has 0 spiro atoms. The maximum absolute atomic E-state index is 13.3. The van der Waals surface area contributed by atoms with Crippen LogP contribution in [0.25, 0.3) is 0 Å². The highest BCUT2D eigenvalue weighted by Crippen LogP contribution is 2.35. The van der Waals surface area contributed by atoms with Crippen molar-refractivity contribution in [2.24, 2.45) is 0 Å². The van der Waals surface area contributed by atoms with E-state index in [9.17, 15) is 17.6 Å². The zero-order valence-electron chi connectivity index (χ0n) is 11.4. The van der Waals surface area contributed by atoms with Gasteiger partial charge in [0.15, 0.2) is 0 Å². The molecule has 1 rings (SSSR count). The van der Waals surface area contributed by atoms with Crippen molar-refractivity contribution in [1.29, 1.82) is 0 Å². The van der Waals surface area contributed by atoms with Crippen molar-refractivity contribution in [3.63, 3.8) is 0 Å². The Bertz CT molecular complexity index is 497. The molecule has 5 heteroatoms. The van der Waals surface area contributed by atoms with Gasteiger partial charge in [-0.3, -0.25) is 0 Å². The van der Waals surface area contributed by atoms with Crippen LogP contribution < -0.4 is 5.32 Å². The summed E-state index contributed by atoms with van der Waals surface area (Å²) >= 11 is 0. The van der Waals surface area contributed by atoms with E-state index in [4.69, 9.17) is 0 Å². The van der Waals surface area contributed by atoms with Crippen molar-refractivity contribution < 1.29 is 17.6 Å². The Balaban J connectivity index is 3.20. The van der Waals surface area contributed by atoms with Crippen molar-refractivity contribution in [3.05, 3.63) is 35.1 Å². The van der Waals surface area contributed by atoms with E-state index in [1.54, 1.807) is 6.92 Å². The van der Waals surface area contributed by atoms with E-state index in [-0.39, 0.29) is 12.0 Å². The third-order valence-corrected chi connectivity index (χ3v) is 2.82. The summed E-state index contributed by atoms with van der Waals surface area (Å²) in [4.78, 5) is 0. The fourth-order valence-electron chi connectivity index (χ4n) is 1.89. The Morgan fingerprint density at radius 1 is 1.30 bits per heavy atom. The largest absolute Gasteiger partial charge is 0.416 e. The van der Waals surface area contributed by atoms with Crippen LogP contribution in [-0.4, -0.2) is 6.54 Å². The van der Waals surface area contributed by atoms with Gasteiger partial charge in [-0.25, -0.2) is 4.39 Å². The quantitative estimate of drug-likeness (QED) is 0.629. The smallest absolute Gasteiger partial charge is 0.309 e. The normalized spacial score (nSPS) is 12.7. The molecule has 1 aromatic carbocycles. The Morgan fingerprint density at radius 2 is 2.00 bits per heavy atom. The molecule has 0 aliphatic rings. The number of hydrogen-bond acceptors (Lipinski definition) is 1. The molecular formula is C15H17F4N. The Morgan fingerprint density at radius 3 is 2.55 bits per heavy atom. The molecule has 0 aliphatic carbocycles. The fourth-order valence-corrected chi connectivity index (χ4v) is 1.89. The first kappa shape index (κ1) is 16.5. The second-order valence-corrected chi connectivity index (χ2v) is 4.37. The standard InChI is InChI=1S/C15H17F4N/c1-3-5-6-14(20-9-4-2)12-10-11(16)7-8-13(12)15(17,18)19/h7-8,10,14,20H,4,6,9H2,1-2H3. The van der Waals surface area contributed by atoms with Gasteiger partial charge in [-0.2, -0.15) is 13.2 Å². The summed E-state index contributed by atoms with van der Waals surface area (Å²) in [6, 6.07) is 1.92. The summed E-state index contributed by atoms with van der Waals surface area (Å²) in [6.07, 6.45) is -3.52. The third kappa shape index (κ3) is 4.53. The first-order valence-electron chi connectivity index (χ1n) is 6.39. The Labute approximate surface area is 116 Å². The van der Waals surface area contributed by atoms with Crippen LogP contribution in [0.1, 0.15) is 43.9 Å². The highest BCUT2D eigenvalue weighted by molar-refractivity contribution is 5.34. The molecule has 1 nitrogen and oxygen atoms in total. The van der Waals surface area contributed by atoms with Gasteiger partial charge in [-0.05, 0) is 43.7 Å². The van der Waals surface area contributed by atoms with Crippen molar-refractivity contribution >= 4 is 0 Å². The number of alkyl halides is 3. The van der Waals surface area contributed by atoms with Gasteiger partial charge in [0.05, 0.1) is 5.56 Å². The number of rotatable bonds is 5. The van der Waals surface area contributed by atoms with Crippen LogP contribution in [-0.2, 0) is 6.18 Å². The number of hydrogen-bond donors (Lipinski definition) is 1. The maximum Gasteiger partial charge on any atom is 0.416 e. The van der Waals surface area contributed by atoms with E-state index in [2.05, 4.69) is 17.2 Å². The molecule has 0 aliphatic heterocycles. The molecule has 1 atom stereocenters. The van der Waals surface area contributed by atoms with Crippen LogP contribution in [0.5, 0.6) is 0 Å². The predicted molar refractivity (Wildman–Crippen MR) is 70.5 cm³/mol. The van der Waals surface area contributed by atoms with Crippen LogP contribution in [0.3, 0.4) is 0 Å². The zero-order valence-corrected chi connectivity index (χ0v) is 11.4. The fraction of sp³-hybridized carbons (Fsp3) is 0.467. The number of benzene rings is 1. The lowest BCUT2D eigenvalue weighted by Crippen LogP contribution is -2.25. The van der Waals surface area contributed by atoms with Crippen LogP contribution in [0.15, 0.2) is 18.2 Å². The zero-order chi connectivity index (χ0) is 15.2. The van der Waals surface area contributed by atoms with E-state index < -0.39 is 23.6 Å². The monoisotopic (exact) mass is 287 g/mol. The molecule has 0 amide bonds. The van der Waals surface area contributed by atoms with Gasteiger partial charge < -0.3 is 5.32 Å². The molecule has 0 aromatic heterocycles. The van der Waals surface area contributed by atoms with Crippen molar-refractivity contribution in [2.45, 2.75) is 38.9 Å². The molecule has 1 unspecified atom stereocenters. The second-order valence-electron chi connectivity index (χ2n) is 4.37. The lowest BCUT2D eigenvalue weighted by Gasteiger charge is -2.21. The molecule has 0 saturated carbocycles. The molecular weight excluding hydrogens is 270 g/mol. The maximum atomic E-state index is 13.3. The average Bonchev–Trinajstić information content (AvgIpc) is 2.37. The second kappa shape index (κ2) is 7.30. The molecule has 110 valence electrons. The van der Waals surface area contributed by atoms with E-state index in [1.807, 2.05) is 6.92 Å². The van der Waals surface area contributed by atoms with E-state index in [0.29, 0.717) is 6.54 Å². The number of halogens is 4. The molecule has 1 N–H and O–H groups in total. The van der Waals surface area contributed by atoms with Gasteiger partial charge >= 0.3 is 6.18 Å². The molecule has 0 heterocycles. The summed E-state index contributed by atoms with van der Waals surface area (Å²) in [7, 11) is 0. The van der Waals surface area contributed by atoms with Crippen molar-refractivity contribution in [1.82, 2.24) is 5.32 Å².